The Morgan fingerprint density at radius 3 is 1.89 bits per heavy atom. The Bertz CT molecular complexity index is 1120. The van der Waals surface area contributed by atoms with Gasteiger partial charge in [-0.2, -0.15) is 5.10 Å². The van der Waals surface area contributed by atoms with Crippen molar-refractivity contribution in [3.63, 3.8) is 0 Å². The zero-order valence-corrected chi connectivity index (χ0v) is 24.6. The van der Waals surface area contributed by atoms with Gasteiger partial charge in [0, 0.05) is 19.0 Å². The fraction of sp³-hybridized carbons (Fsp3) is 0.429. The molecule has 1 fully saturated rings. The number of carbonyl (C=O) groups is 1. The lowest BCUT2D eigenvalue weighted by molar-refractivity contribution is -0.178. The van der Waals surface area contributed by atoms with Crippen molar-refractivity contribution < 1.29 is 14.0 Å². The van der Waals surface area contributed by atoms with Crippen LogP contribution < -0.4 is 10.4 Å². The first-order valence-corrected chi connectivity index (χ1v) is 15.1. The van der Waals surface area contributed by atoms with E-state index in [2.05, 4.69) is 97.0 Å². The molecule has 0 amide bonds. The molecule has 0 atom stereocenters. The van der Waals surface area contributed by atoms with Crippen LogP contribution in [0.25, 0.3) is 0 Å². The Morgan fingerprint density at radius 1 is 0.971 bits per heavy atom. The number of halogens is 1. The first-order chi connectivity index (χ1) is 16.4. The van der Waals surface area contributed by atoms with Gasteiger partial charge >= 0.3 is 5.97 Å². The van der Waals surface area contributed by atoms with Crippen molar-refractivity contribution in [2.45, 2.75) is 76.7 Å². The molecular weight excluding hydrogens is 567 g/mol. The topological polar surface area (TPSA) is 53.4 Å². The van der Waals surface area contributed by atoms with E-state index >= 15 is 0 Å². The van der Waals surface area contributed by atoms with Crippen molar-refractivity contribution in [1.82, 2.24) is 9.78 Å². The van der Waals surface area contributed by atoms with E-state index in [4.69, 9.17) is 9.16 Å². The Hall–Kier alpha value is -1.97. The van der Waals surface area contributed by atoms with E-state index in [-0.39, 0.29) is 17.1 Å². The van der Waals surface area contributed by atoms with E-state index in [1.54, 1.807) is 10.9 Å². The second-order valence-electron chi connectivity index (χ2n) is 11.4. The molecule has 1 aliphatic carbocycles. The Labute approximate surface area is 223 Å². The third-order valence-corrected chi connectivity index (χ3v) is 12.3. The van der Waals surface area contributed by atoms with Gasteiger partial charge in [-0.1, -0.05) is 81.4 Å². The average molecular weight is 603 g/mol. The standard InChI is InChI=1S/C28H35IN2O3Si/c1-26(2,3)33-25(32)28(31-20-21(29)19-30-31)17-22(18-28)34-35(27(4,5)6,23-13-9-7-10-14-23)24-15-11-8-12-16-24/h7-16,19-20,22H,17-18H2,1-6H3. The maximum absolute atomic E-state index is 13.5. The number of aromatic nitrogens is 2. The van der Waals surface area contributed by atoms with Crippen LogP contribution in [0.15, 0.2) is 73.1 Å². The summed E-state index contributed by atoms with van der Waals surface area (Å²) >= 11 is 2.23. The van der Waals surface area contributed by atoms with E-state index in [9.17, 15) is 4.79 Å². The van der Waals surface area contributed by atoms with E-state index in [1.165, 1.54) is 10.4 Å². The summed E-state index contributed by atoms with van der Waals surface area (Å²) < 4.78 is 15.9. The second kappa shape index (κ2) is 9.48. The number of ether oxygens (including phenoxy) is 1. The predicted molar refractivity (Wildman–Crippen MR) is 150 cm³/mol. The summed E-state index contributed by atoms with van der Waals surface area (Å²) in [5, 5.41) is 6.87. The lowest BCUT2D eigenvalue weighted by atomic mass is 9.74. The molecule has 0 radical (unpaired) electrons. The van der Waals surface area contributed by atoms with Crippen LogP contribution in [0.3, 0.4) is 0 Å². The van der Waals surface area contributed by atoms with E-state index in [0.29, 0.717) is 12.8 Å². The third-order valence-electron chi connectivity index (χ3n) is 6.66. The summed E-state index contributed by atoms with van der Waals surface area (Å²) in [5.74, 6) is -0.244. The molecule has 35 heavy (non-hydrogen) atoms. The van der Waals surface area contributed by atoms with Crippen LogP contribution in [-0.2, 0) is 19.5 Å². The van der Waals surface area contributed by atoms with E-state index in [0.717, 1.165) is 3.57 Å². The van der Waals surface area contributed by atoms with Gasteiger partial charge in [-0.15, -0.1) is 0 Å². The van der Waals surface area contributed by atoms with Crippen molar-refractivity contribution in [3.8, 4) is 0 Å². The van der Waals surface area contributed by atoms with Crippen LogP contribution in [-0.4, -0.2) is 35.8 Å². The first kappa shape index (κ1) is 26.1. The van der Waals surface area contributed by atoms with Crippen LogP contribution in [0.2, 0.25) is 5.04 Å². The molecule has 1 heterocycles. The van der Waals surface area contributed by atoms with E-state index in [1.807, 2.05) is 39.1 Å². The molecule has 4 rings (SSSR count). The number of nitrogens with zero attached hydrogens (tertiary/aromatic N) is 2. The van der Waals surface area contributed by atoms with Gasteiger partial charge in [0.15, 0.2) is 5.54 Å². The fourth-order valence-electron chi connectivity index (χ4n) is 5.07. The van der Waals surface area contributed by atoms with Crippen LogP contribution in [0, 0.1) is 3.57 Å². The van der Waals surface area contributed by atoms with Crippen LogP contribution in [0.5, 0.6) is 0 Å². The van der Waals surface area contributed by atoms with Crippen molar-refractivity contribution in [3.05, 3.63) is 76.6 Å². The highest BCUT2D eigenvalue weighted by Gasteiger charge is 2.59. The summed E-state index contributed by atoms with van der Waals surface area (Å²) in [6, 6.07) is 21.2. The average Bonchev–Trinajstić information content (AvgIpc) is 3.18. The molecule has 0 N–H and O–H groups in total. The molecule has 0 saturated heterocycles. The monoisotopic (exact) mass is 602 g/mol. The van der Waals surface area contributed by atoms with Crippen LogP contribution in [0.4, 0.5) is 0 Å². The minimum atomic E-state index is -2.71. The Kier molecular flexibility index (Phi) is 7.07. The van der Waals surface area contributed by atoms with Crippen molar-refractivity contribution in [2.75, 3.05) is 0 Å². The minimum absolute atomic E-state index is 0.0873. The lowest BCUT2D eigenvalue weighted by Gasteiger charge is -2.52. The third kappa shape index (κ3) is 5.00. The summed E-state index contributed by atoms with van der Waals surface area (Å²) in [7, 11) is -2.71. The van der Waals surface area contributed by atoms with Gasteiger partial charge < -0.3 is 9.16 Å². The molecular formula is C28H35IN2O3Si. The number of carbonyl (C=O) groups excluding carboxylic acids is 1. The summed E-state index contributed by atoms with van der Waals surface area (Å²) in [5.41, 5.74) is -1.43. The van der Waals surface area contributed by atoms with Gasteiger partial charge in [0.2, 0.25) is 0 Å². The number of benzene rings is 2. The normalized spacial score (nSPS) is 20.8. The summed E-state index contributed by atoms with van der Waals surface area (Å²) in [6.45, 7) is 12.5. The molecule has 1 aromatic heterocycles. The van der Waals surface area contributed by atoms with Crippen molar-refractivity contribution in [2.24, 2.45) is 0 Å². The zero-order valence-electron chi connectivity index (χ0n) is 21.4. The molecule has 7 heteroatoms. The zero-order chi connectivity index (χ0) is 25.5. The quantitative estimate of drug-likeness (QED) is 0.220. The summed E-state index contributed by atoms with van der Waals surface area (Å²) in [4.78, 5) is 13.5. The number of hydrogen-bond acceptors (Lipinski definition) is 4. The smallest absolute Gasteiger partial charge is 0.334 e. The molecule has 186 valence electrons. The van der Waals surface area contributed by atoms with E-state index < -0.39 is 19.5 Å². The molecule has 0 spiro atoms. The molecule has 0 bridgehead atoms. The van der Waals surface area contributed by atoms with Gasteiger partial charge in [0.05, 0.1) is 15.9 Å². The fourth-order valence-corrected chi connectivity index (χ4v) is 10.1. The SMILES string of the molecule is CC(C)(C)OC(=O)C1(n2cc(I)cn2)CC(O[Si](c2ccccc2)(c2ccccc2)C(C)(C)C)C1. The molecule has 1 aliphatic rings. The van der Waals surface area contributed by atoms with Crippen LogP contribution >= 0.6 is 22.6 Å². The van der Waals surface area contributed by atoms with Gasteiger partial charge in [0.1, 0.15) is 5.60 Å². The number of hydrogen-bond donors (Lipinski definition) is 0. The largest absolute Gasteiger partial charge is 0.458 e. The van der Waals surface area contributed by atoms with Crippen molar-refractivity contribution in [1.29, 1.82) is 0 Å². The highest BCUT2D eigenvalue weighted by Crippen LogP contribution is 2.47. The maximum Gasteiger partial charge on any atom is 0.334 e. The van der Waals surface area contributed by atoms with Gasteiger partial charge in [-0.05, 0) is 58.8 Å². The molecule has 3 aromatic rings. The van der Waals surface area contributed by atoms with Crippen molar-refractivity contribution >= 4 is 47.3 Å². The summed E-state index contributed by atoms with van der Waals surface area (Å²) in [6.07, 6.45) is 4.68. The molecule has 5 nitrogen and oxygen atoms in total. The van der Waals surface area contributed by atoms with Gasteiger partial charge in [-0.3, -0.25) is 4.68 Å². The Morgan fingerprint density at radius 2 is 1.49 bits per heavy atom. The maximum atomic E-state index is 13.5. The Balaban J connectivity index is 1.73. The first-order valence-electron chi connectivity index (χ1n) is 12.1. The predicted octanol–water partition coefficient (Wildman–Crippen LogP) is 5.26. The van der Waals surface area contributed by atoms with Crippen LogP contribution in [0.1, 0.15) is 54.4 Å². The molecule has 0 aliphatic heterocycles. The molecule has 0 unspecified atom stereocenters. The number of esters is 1. The highest BCUT2D eigenvalue weighted by molar-refractivity contribution is 14.1. The van der Waals surface area contributed by atoms with Gasteiger partial charge in [-0.25, -0.2) is 4.79 Å². The lowest BCUT2D eigenvalue weighted by Crippen LogP contribution is -2.70. The second-order valence-corrected chi connectivity index (χ2v) is 16.9. The minimum Gasteiger partial charge on any atom is -0.458 e. The molecule has 2 aromatic carbocycles. The molecule has 1 saturated carbocycles. The van der Waals surface area contributed by atoms with Gasteiger partial charge in [0.25, 0.3) is 8.32 Å². The highest BCUT2D eigenvalue weighted by atomic mass is 127. The number of rotatable bonds is 6.